The van der Waals surface area contributed by atoms with Gasteiger partial charge >= 0.3 is 5.97 Å². The third-order valence-electron chi connectivity index (χ3n) is 3.22. The van der Waals surface area contributed by atoms with Crippen molar-refractivity contribution < 1.29 is 9.90 Å². The van der Waals surface area contributed by atoms with E-state index in [1.807, 2.05) is 19.1 Å². The van der Waals surface area contributed by atoms with Crippen molar-refractivity contribution in [2.45, 2.75) is 19.5 Å². The van der Waals surface area contributed by atoms with Gasteiger partial charge in [0, 0.05) is 22.6 Å². The highest BCUT2D eigenvalue weighted by Crippen LogP contribution is 2.26. The second-order valence-corrected chi connectivity index (χ2v) is 5.62. The summed E-state index contributed by atoms with van der Waals surface area (Å²) in [5, 5.41) is 13.5. The number of rotatable bonds is 5. The molecule has 0 fully saturated rings. The highest BCUT2D eigenvalue weighted by molar-refractivity contribution is 6.35. The van der Waals surface area contributed by atoms with Crippen molar-refractivity contribution in [3.05, 3.63) is 69.2 Å². The summed E-state index contributed by atoms with van der Waals surface area (Å²) in [6.07, 6.45) is 0. The molecule has 0 aliphatic heterocycles. The molecule has 0 radical (unpaired) electrons. The zero-order chi connectivity index (χ0) is 15.4. The molecule has 3 nitrogen and oxygen atoms in total. The van der Waals surface area contributed by atoms with Crippen LogP contribution in [0.4, 0.5) is 0 Å². The van der Waals surface area contributed by atoms with Gasteiger partial charge in [-0.05, 0) is 42.3 Å². The van der Waals surface area contributed by atoms with E-state index in [-0.39, 0.29) is 11.6 Å². The van der Waals surface area contributed by atoms with E-state index in [4.69, 9.17) is 28.3 Å². The van der Waals surface area contributed by atoms with Gasteiger partial charge in [0.15, 0.2) is 0 Å². The molecule has 0 aromatic heterocycles. The average Bonchev–Trinajstić information content (AvgIpc) is 2.45. The van der Waals surface area contributed by atoms with Crippen molar-refractivity contribution >= 4 is 29.2 Å². The highest BCUT2D eigenvalue weighted by Gasteiger charge is 2.10. The van der Waals surface area contributed by atoms with Crippen LogP contribution in [0.3, 0.4) is 0 Å². The van der Waals surface area contributed by atoms with Crippen molar-refractivity contribution in [3.63, 3.8) is 0 Å². The Morgan fingerprint density at radius 1 is 1.24 bits per heavy atom. The van der Waals surface area contributed by atoms with Gasteiger partial charge in [-0.15, -0.1) is 0 Å². The Morgan fingerprint density at radius 3 is 2.67 bits per heavy atom. The standard InChI is InChI=1S/C16H15Cl2NO2/c1-10(14-6-5-13(17)8-15(14)18)19-9-11-3-2-4-12(7-11)16(20)21/h2-8,10,19H,9H2,1H3,(H,20,21). The smallest absolute Gasteiger partial charge is 0.335 e. The molecule has 1 atom stereocenters. The Hall–Kier alpha value is -1.55. The molecule has 1 unspecified atom stereocenters. The summed E-state index contributed by atoms with van der Waals surface area (Å²) in [4.78, 5) is 10.9. The van der Waals surface area contributed by atoms with Gasteiger partial charge in [0.2, 0.25) is 0 Å². The fourth-order valence-electron chi connectivity index (χ4n) is 2.05. The molecule has 0 heterocycles. The Bertz CT molecular complexity index is 658. The first-order chi connectivity index (χ1) is 9.97. The minimum absolute atomic E-state index is 0.0308. The number of carbonyl (C=O) groups is 1. The van der Waals surface area contributed by atoms with Gasteiger partial charge in [0.1, 0.15) is 0 Å². The predicted molar refractivity (Wildman–Crippen MR) is 85.1 cm³/mol. The summed E-state index contributed by atoms with van der Waals surface area (Å²) >= 11 is 12.1. The molecular formula is C16H15Cl2NO2. The zero-order valence-corrected chi connectivity index (χ0v) is 12.9. The largest absolute Gasteiger partial charge is 0.478 e. The van der Waals surface area contributed by atoms with Crippen LogP contribution in [-0.2, 0) is 6.54 Å². The lowest BCUT2D eigenvalue weighted by atomic mass is 10.1. The molecule has 2 rings (SSSR count). The van der Waals surface area contributed by atoms with Crippen LogP contribution in [-0.4, -0.2) is 11.1 Å². The molecule has 0 bridgehead atoms. The summed E-state index contributed by atoms with van der Waals surface area (Å²) in [6, 6.07) is 12.3. The van der Waals surface area contributed by atoms with E-state index < -0.39 is 5.97 Å². The molecule has 5 heteroatoms. The maximum atomic E-state index is 10.9. The SMILES string of the molecule is CC(NCc1cccc(C(=O)O)c1)c1ccc(Cl)cc1Cl. The third-order valence-corrected chi connectivity index (χ3v) is 3.78. The summed E-state index contributed by atoms with van der Waals surface area (Å²) in [6.45, 7) is 2.55. The lowest BCUT2D eigenvalue weighted by Gasteiger charge is -2.16. The summed E-state index contributed by atoms with van der Waals surface area (Å²) in [5.74, 6) is -0.925. The molecule has 0 saturated carbocycles. The van der Waals surface area contributed by atoms with Crippen molar-refractivity contribution in [1.82, 2.24) is 5.32 Å². The Labute approximate surface area is 133 Å². The molecule has 0 spiro atoms. The van der Waals surface area contributed by atoms with E-state index in [0.29, 0.717) is 16.6 Å². The first kappa shape index (κ1) is 15.8. The molecule has 110 valence electrons. The van der Waals surface area contributed by atoms with Crippen LogP contribution in [0.25, 0.3) is 0 Å². The number of nitrogens with one attached hydrogen (secondary N) is 1. The number of hydrogen-bond acceptors (Lipinski definition) is 2. The molecule has 0 aliphatic rings. The second kappa shape index (κ2) is 6.94. The Kier molecular flexibility index (Phi) is 5.23. The van der Waals surface area contributed by atoms with Crippen LogP contribution in [0.2, 0.25) is 10.0 Å². The van der Waals surface area contributed by atoms with Gasteiger partial charge in [-0.3, -0.25) is 0 Å². The lowest BCUT2D eigenvalue weighted by molar-refractivity contribution is 0.0696. The summed E-state index contributed by atoms with van der Waals surface area (Å²) < 4.78 is 0. The van der Waals surface area contributed by atoms with Gasteiger partial charge in [-0.25, -0.2) is 4.79 Å². The topological polar surface area (TPSA) is 49.3 Å². The number of hydrogen-bond donors (Lipinski definition) is 2. The summed E-state index contributed by atoms with van der Waals surface area (Å²) in [5.41, 5.74) is 2.15. The van der Waals surface area contributed by atoms with Crippen LogP contribution >= 0.6 is 23.2 Å². The maximum Gasteiger partial charge on any atom is 0.335 e. The van der Waals surface area contributed by atoms with Crippen molar-refractivity contribution in [1.29, 1.82) is 0 Å². The fourth-order valence-corrected chi connectivity index (χ4v) is 2.62. The number of carboxylic acid groups (broad SMARTS) is 1. The summed E-state index contributed by atoms with van der Waals surface area (Å²) in [7, 11) is 0. The van der Waals surface area contributed by atoms with Crippen LogP contribution in [0.1, 0.15) is 34.5 Å². The van der Waals surface area contributed by atoms with Gasteiger partial charge in [0.05, 0.1) is 5.56 Å². The fraction of sp³-hybridized carbons (Fsp3) is 0.188. The van der Waals surface area contributed by atoms with Gasteiger partial charge in [-0.2, -0.15) is 0 Å². The molecule has 2 aromatic rings. The van der Waals surface area contributed by atoms with E-state index in [1.165, 1.54) is 0 Å². The number of halogens is 2. The second-order valence-electron chi connectivity index (χ2n) is 4.77. The third kappa shape index (κ3) is 4.21. The lowest BCUT2D eigenvalue weighted by Crippen LogP contribution is -2.18. The van der Waals surface area contributed by atoms with Crippen molar-refractivity contribution in [3.8, 4) is 0 Å². The molecule has 2 N–H and O–H groups in total. The molecule has 0 saturated heterocycles. The predicted octanol–water partition coefficient (Wildman–Crippen LogP) is 4.54. The monoisotopic (exact) mass is 323 g/mol. The van der Waals surface area contributed by atoms with Gasteiger partial charge in [-0.1, -0.05) is 41.4 Å². The van der Waals surface area contributed by atoms with Gasteiger partial charge in [0.25, 0.3) is 0 Å². The van der Waals surface area contributed by atoms with E-state index in [0.717, 1.165) is 11.1 Å². The van der Waals surface area contributed by atoms with Crippen LogP contribution < -0.4 is 5.32 Å². The quantitative estimate of drug-likeness (QED) is 0.849. The number of aromatic carboxylic acids is 1. The van der Waals surface area contributed by atoms with Crippen molar-refractivity contribution in [2.75, 3.05) is 0 Å². The Morgan fingerprint density at radius 2 is 2.00 bits per heavy atom. The van der Waals surface area contributed by atoms with E-state index in [2.05, 4.69) is 5.32 Å². The molecule has 21 heavy (non-hydrogen) atoms. The number of carboxylic acids is 1. The molecule has 2 aromatic carbocycles. The maximum absolute atomic E-state index is 10.9. The molecular weight excluding hydrogens is 309 g/mol. The Balaban J connectivity index is 2.05. The van der Waals surface area contributed by atoms with Crippen LogP contribution in [0.15, 0.2) is 42.5 Å². The first-order valence-corrected chi connectivity index (χ1v) is 7.23. The van der Waals surface area contributed by atoms with Crippen LogP contribution in [0, 0.1) is 0 Å². The molecule has 0 amide bonds. The van der Waals surface area contributed by atoms with E-state index >= 15 is 0 Å². The first-order valence-electron chi connectivity index (χ1n) is 6.48. The normalized spacial score (nSPS) is 12.1. The van der Waals surface area contributed by atoms with Crippen molar-refractivity contribution in [2.24, 2.45) is 0 Å². The van der Waals surface area contributed by atoms with E-state index in [9.17, 15) is 4.79 Å². The van der Waals surface area contributed by atoms with Gasteiger partial charge < -0.3 is 10.4 Å². The average molecular weight is 324 g/mol. The highest BCUT2D eigenvalue weighted by atomic mass is 35.5. The zero-order valence-electron chi connectivity index (χ0n) is 11.4. The minimum Gasteiger partial charge on any atom is -0.478 e. The number of benzene rings is 2. The van der Waals surface area contributed by atoms with E-state index in [1.54, 1.807) is 30.3 Å². The minimum atomic E-state index is -0.925. The van der Waals surface area contributed by atoms with Crippen LogP contribution in [0.5, 0.6) is 0 Å². The molecule has 0 aliphatic carbocycles.